The summed E-state index contributed by atoms with van der Waals surface area (Å²) >= 11 is 0. The third-order valence-electron chi connectivity index (χ3n) is 5.63. The summed E-state index contributed by atoms with van der Waals surface area (Å²) in [5.74, 6) is 0.386. The molecule has 25 heavy (non-hydrogen) atoms. The van der Waals surface area contributed by atoms with Crippen LogP contribution in [0.15, 0.2) is 23.1 Å². The Balaban J connectivity index is 1.52. The van der Waals surface area contributed by atoms with Gasteiger partial charge in [-0.2, -0.15) is 0 Å². The SMILES string of the molecule is O=C(C1CC1)N1CCc2cc(S(=O)(=O)NC3CCCCCC3)ccc21. The van der Waals surface area contributed by atoms with Gasteiger partial charge in [-0.05, 0) is 55.9 Å². The molecule has 136 valence electrons. The Morgan fingerprint density at radius 3 is 2.44 bits per heavy atom. The van der Waals surface area contributed by atoms with Crippen LogP contribution in [0.2, 0.25) is 0 Å². The molecule has 2 aliphatic carbocycles. The fourth-order valence-electron chi connectivity index (χ4n) is 4.01. The fourth-order valence-corrected chi connectivity index (χ4v) is 5.36. The Morgan fingerprint density at radius 2 is 1.76 bits per heavy atom. The predicted octanol–water partition coefficient (Wildman–Crippen LogP) is 2.99. The lowest BCUT2D eigenvalue weighted by Crippen LogP contribution is -2.34. The molecule has 6 heteroatoms. The number of fused-ring (bicyclic) bond motifs is 1. The first-order valence-corrected chi connectivity index (χ1v) is 11.0. The van der Waals surface area contributed by atoms with Crippen LogP contribution in [-0.2, 0) is 21.2 Å². The second kappa shape index (κ2) is 6.72. The number of amides is 1. The molecule has 0 saturated heterocycles. The van der Waals surface area contributed by atoms with E-state index in [4.69, 9.17) is 0 Å². The van der Waals surface area contributed by atoms with Crippen LogP contribution < -0.4 is 9.62 Å². The van der Waals surface area contributed by atoms with Crippen LogP contribution in [0.4, 0.5) is 5.69 Å². The standard InChI is InChI=1S/C19H26N2O3S/c22-19(14-7-8-14)21-12-11-15-13-17(9-10-18(15)21)25(23,24)20-16-5-3-1-2-4-6-16/h9-10,13-14,16,20H,1-8,11-12H2. The number of carbonyl (C=O) groups is 1. The highest BCUT2D eigenvalue weighted by molar-refractivity contribution is 7.89. The van der Waals surface area contributed by atoms with Crippen LogP contribution in [0.3, 0.4) is 0 Å². The minimum atomic E-state index is -3.49. The fraction of sp³-hybridized carbons (Fsp3) is 0.632. The molecule has 0 radical (unpaired) electrons. The summed E-state index contributed by atoms with van der Waals surface area (Å²) in [5.41, 5.74) is 1.86. The van der Waals surface area contributed by atoms with Crippen LogP contribution in [0.1, 0.15) is 56.9 Å². The van der Waals surface area contributed by atoms with E-state index in [1.165, 1.54) is 12.8 Å². The van der Waals surface area contributed by atoms with Crippen molar-refractivity contribution in [2.75, 3.05) is 11.4 Å². The average Bonchev–Trinajstić information content (AvgIpc) is 3.38. The van der Waals surface area contributed by atoms with Crippen molar-refractivity contribution < 1.29 is 13.2 Å². The summed E-state index contributed by atoms with van der Waals surface area (Å²) in [6.45, 7) is 0.671. The van der Waals surface area contributed by atoms with Crippen molar-refractivity contribution in [3.8, 4) is 0 Å². The van der Waals surface area contributed by atoms with E-state index in [-0.39, 0.29) is 17.9 Å². The van der Waals surface area contributed by atoms with Gasteiger partial charge >= 0.3 is 0 Å². The molecule has 1 amide bonds. The number of carbonyl (C=O) groups excluding carboxylic acids is 1. The smallest absolute Gasteiger partial charge is 0.240 e. The van der Waals surface area contributed by atoms with Crippen molar-refractivity contribution in [1.82, 2.24) is 4.72 Å². The van der Waals surface area contributed by atoms with Crippen LogP contribution in [-0.4, -0.2) is 26.9 Å². The summed E-state index contributed by atoms with van der Waals surface area (Å²) in [6.07, 6.45) is 9.14. The lowest BCUT2D eigenvalue weighted by molar-refractivity contribution is -0.119. The summed E-state index contributed by atoms with van der Waals surface area (Å²) in [5, 5.41) is 0. The van der Waals surface area contributed by atoms with Gasteiger partial charge < -0.3 is 4.90 Å². The molecule has 3 aliphatic rings. The minimum absolute atomic E-state index is 0.0497. The number of nitrogens with zero attached hydrogens (tertiary/aromatic N) is 1. The molecule has 0 unspecified atom stereocenters. The molecule has 1 aromatic carbocycles. The number of hydrogen-bond acceptors (Lipinski definition) is 3. The van der Waals surface area contributed by atoms with E-state index in [1.807, 2.05) is 11.0 Å². The summed E-state index contributed by atoms with van der Waals surface area (Å²) in [4.78, 5) is 14.5. The van der Waals surface area contributed by atoms with Crippen LogP contribution in [0.25, 0.3) is 0 Å². The van der Waals surface area contributed by atoms with E-state index in [0.29, 0.717) is 11.4 Å². The number of sulfonamides is 1. The summed E-state index contributed by atoms with van der Waals surface area (Å²) < 4.78 is 28.4. The Morgan fingerprint density at radius 1 is 1.04 bits per heavy atom. The molecule has 1 heterocycles. The zero-order valence-corrected chi connectivity index (χ0v) is 15.4. The van der Waals surface area contributed by atoms with E-state index < -0.39 is 10.0 Å². The third kappa shape index (κ3) is 3.60. The highest BCUT2D eigenvalue weighted by Crippen LogP contribution is 2.37. The third-order valence-corrected chi connectivity index (χ3v) is 7.14. The maximum atomic E-state index is 12.8. The molecule has 1 N–H and O–H groups in total. The summed E-state index contributed by atoms with van der Waals surface area (Å²) in [6, 6.07) is 5.27. The summed E-state index contributed by atoms with van der Waals surface area (Å²) in [7, 11) is -3.49. The van der Waals surface area contributed by atoms with Crippen molar-refractivity contribution in [1.29, 1.82) is 0 Å². The Hall–Kier alpha value is -1.40. The zero-order chi connectivity index (χ0) is 17.4. The first-order chi connectivity index (χ1) is 12.0. The second-order valence-electron chi connectivity index (χ2n) is 7.61. The highest BCUT2D eigenvalue weighted by Gasteiger charge is 2.36. The number of nitrogens with one attached hydrogen (secondary N) is 1. The van der Waals surface area contributed by atoms with E-state index in [0.717, 1.165) is 56.2 Å². The molecule has 0 bridgehead atoms. The molecule has 5 nitrogen and oxygen atoms in total. The van der Waals surface area contributed by atoms with Gasteiger partial charge in [0.2, 0.25) is 15.9 Å². The topological polar surface area (TPSA) is 66.5 Å². The molecule has 1 aliphatic heterocycles. The number of anilines is 1. The maximum Gasteiger partial charge on any atom is 0.240 e. The van der Waals surface area contributed by atoms with Crippen molar-refractivity contribution in [3.63, 3.8) is 0 Å². The van der Waals surface area contributed by atoms with Crippen LogP contribution in [0.5, 0.6) is 0 Å². The Labute approximate surface area is 149 Å². The first kappa shape index (κ1) is 17.0. The van der Waals surface area contributed by atoms with Crippen molar-refractivity contribution in [2.45, 2.75) is 68.7 Å². The average molecular weight is 362 g/mol. The molecule has 1 aromatic rings. The van der Waals surface area contributed by atoms with Crippen molar-refractivity contribution >= 4 is 21.6 Å². The predicted molar refractivity (Wildman–Crippen MR) is 97.0 cm³/mol. The van der Waals surface area contributed by atoms with E-state index >= 15 is 0 Å². The highest BCUT2D eigenvalue weighted by atomic mass is 32.2. The maximum absolute atomic E-state index is 12.8. The van der Waals surface area contributed by atoms with E-state index in [1.54, 1.807) is 12.1 Å². The van der Waals surface area contributed by atoms with Crippen molar-refractivity contribution in [3.05, 3.63) is 23.8 Å². The molecule has 4 rings (SSSR count). The normalized spacial score (nSPS) is 21.8. The second-order valence-corrected chi connectivity index (χ2v) is 9.33. The van der Waals surface area contributed by atoms with Gasteiger partial charge in [0.15, 0.2) is 0 Å². The number of benzene rings is 1. The van der Waals surface area contributed by atoms with Gasteiger partial charge in [-0.1, -0.05) is 25.7 Å². The van der Waals surface area contributed by atoms with Gasteiger partial charge in [0.25, 0.3) is 0 Å². The molecule has 2 fully saturated rings. The Kier molecular flexibility index (Phi) is 4.58. The Bertz CT molecular complexity index is 763. The van der Waals surface area contributed by atoms with E-state index in [2.05, 4.69) is 4.72 Å². The number of rotatable bonds is 4. The van der Waals surface area contributed by atoms with Gasteiger partial charge in [0, 0.05) is 24.2 Å². The van der Waals surface area contributed by atoms with Gasteiger partial charge in [-0.15, -0.1) is 0 Å². The molecular formula is C19H26N2O3S. The molecule has 0 atom stereocenters. The lowest BCUT2D eigenvalue weighted by Gasteiger charge is -2.18. The monoisotopic (exact) mass is 362 g/mol. The van der Waals surface area contributed by atoms with Gasteiger partial charge in [0.05, 0.1) is 4.90 Å². The van der Waals surface area contributed by atoms with Crippen molar-refractivity contribution in [2.24, 2.45) is 5.92 Å². The molecule has 0 spiro atoms. The first-order valence-electron chi connectivity index (χ1n) is 9.51. The molecule has 0 aromatic heterocycles. The largest absolute Gasteiger partial charge is 0.312 e. The van der Waals surface area contributed by atoms with Gasteiger partial charge in [0.1, 0.15) is 0 Å². The zero-order valence-electron chi connectivity index (χ0n) is 14.5. The minimum Gasteiger partial charge on any atom is -0.312 e. The van der Waals surface area contributed by atoms with Crippen LogP contribution in [0, 0.1) is 5.92 Å². The quantitative estimate of drug-likeness (QED) is 0.838. The lowest BCUT2D eigenvalue weighted by atomic mass is 10.1. The van der Waals surface area contributed by atoms with Gasteiger partial charge in [-0.3, -0.25) is 4.79 Å². The molecule has 2 saturated carbocycles. The van der Waals surface area contributed by atoms with E-state index in [9.17, 15) is 13.2 Å². The number of hydrogen-bond donors (Lipinski definition) is 1. The van der Waals surface area contributed by atoms with Crippen LogP contribution >= 0.6 is 0 Å². The van der Waals surface area contributed by atoms with Gasteiger partial charge in [-0.25, -0.2) is 13.1 Å². The molecular weight excluding hydrogens is 336 g/mol.